The predicted octanol–water partition coefficient (Wildman–Crippen LogP) is 3.03. The highest BCUT2D eigenvalue weighted by Gasteiger charge is 2.21. The minimum absolute atomic E-state index is 0.000568. The number of H-pyrrole nitrogens is 1. The highest BCUT2D eigenvalue weighted by molar-refractivity contribution is 5.98. The van der Waals surface area contributed by atoms with E-state index in [1.807, 2.05) is 13.8 Å². The molecule has 0 bridgehead atoms. The summed E-state index contributed by atoms with van der Waals surface area (Å²) in [6.07, 6.45) is 3.34. The average molecular weight is 347 g/mol. The van der Waals surface area contributed by atoms with E-state index in [-0.39, 0.29) is 47.8 Å². The molecule has 1 amide bonds. The molecule has 0 saturated carbocycles. The summed E-state index contributed by atoms with van der Waals surface area (Å²) in [5, 5.41) is 2.88. The number of amides is 1. The van der Waals surface area contributed by atoms with Gasteiger partial charge in [0.15, 0.2) is 17.3 Å². The molecule has 0 saturated heterocycles. The maximum absolute atomic E-state index is 13.7. The van der Waals surface area contributed by atoms with Crippen LogP contribution >= 0.6 is 0 Å². The Morgan fingerprint density at radius 2 is 2.08 bits per heavy atom. The Morgan fingerprint density at radius 3 is 2.64 bits per heavy atom. The van der Waals surface area contributed by atoms with E-state index >= 15 is 0 Å². The van der Waals surface area contributed by atoms with Crippen molar-refractivity contribution in [1.29, 1.82) is 0 Å². The van der Waals surface area contributed by atoms with Crippen LogP contribution in [0.25, 0.3) is 0 Å². The number of methoxy groups -OCH3 is 1. The summed E-state index contributed by atoms with van der Waals surface area (Å²) >= 11 is 0. The molecule has 1 aromatic carbocycles. The van der Waals surface area contributed by atoms with E-state index in [2.05, 4.69) is 15.3 Å². The third kappa shape index (κ3) is 4.89. The van der Waals surface area contributed by atoms with E-state index in [4.69, 9.17) is 4.74 Å². The van der Waals surface area contributed by atoms with Crippen molar-refractivity contribution < 1.29 is 18.7 Å². The van der Waals surface area contributed by atoms with E-state index in [0.717, 1.165) is 6.07 Å². The second kappa shape index (κ2) is 8.41. The van der Waals surface area contributed by atoms with Gasteiger partial charge in [-0.05, 0) is 24.1 Å². The van der Waals surface area contributed by atoms with Crippen molar-refractivity contribution in [3.05, 3.63) is 47.8 Å². The van der Waals surface area contributed by atoms with Crippen molar-refractivity contribution in [3.8, 4) is 5.75 Å². The summed E-state index contributed by atoms with van der Waals surface area (Å²) in [4.78, 5) is 31.5. The molecular weight excluding hydrogens is 325 g/mol. The summed E-state index contributed by atoms with van der Waals surface area (Å²) in [5.41, 5.74) is 0.220. The van der Waals surface area contributed by atoms with Gasteiger partial charge in [-0.3, -0.25) is 9.59 Å². The summed E-state index contributed by atoms with van der Waals surface area (Å²) in [5.74, 6) is -0.260. The molecule has 2 aromatic rings. The SMILES string of the molecule is COc1ccc(C(=O)CCC(=O)N[C@H](c2ncc[nH]2)C(C)C)cc1F. The lowest BCUT2D eigenvalue weighted by Crippen LogP contribution is -2.32. The van der Waals surface area contributed by atoms with Crippen molar-refractivity contribution >= 4 is 11.7 Å². The van der Waals surface area contributed by atoms with E-state index in [1.54, 1.807) is 12.4 Å². The van der Waals surface area contributed by atoms with Gasteiger partial charge in [-0.15, -0.1) is 0 Å². The van der Waals surface area contributed by atoms with E-state index < -0.39 is 5.82 Å². The van der Waals surface area contributed by atoms with Crippen molar-refractivity contribution in [2.24, 2.45) is 5.92 Å². The third-order valence-electron chi connectivity index (χ3n) is 3.85. The summed E-state index contributed by atoms with van der Waals surface area (Å²) in [7, 11) is 1.36. The fourth-order valence-electron chi connectivity index (χ4n) is 2.46. The Balaban J connectivity index is 1.92. The first kappa shape index (κ1) is 18.6. The Morgan fingerprint density at radius 1 is 1.32 bits per heavy atom. The smallest absolute Gasteiger partial charge is 0.221 e. The maximum Gasteiger partial charge on any atom is 0.221 e. The molecule has 25 heavy (non-hydrogen) atoms. The second-order valence-corrected chi connectivity index (χ2v) is 6.04. The number of nitrogens with zero attached hydrogens (tertiary/aromatic N) is 1. The third-order valence-corrected chi connectivity index (χ3v) is 3.85. The monoisotopic (exact) mass is 347 g/mol. The standard InChI is InChI=1S/C18H22FN3O3/c1-11(2)17(18-20-8-9-21-18)22-16(24)7-5-14(23)12-4-6-15(25-3)13(19)10-12/h4,6,8-11,17H,5,7H2,1-3H3,(H,20,21)(H,22,24)/t17-/m0/s1. The molecule has 1 heterocycles. The highest BCUT2D eigenvalue weighted by atomic mass is 19.1. The number of ether oxygens (including phenoxy) is 1. The molecule has 0 fully saturated rings. The number of hydrogen-bond donors (Lipinski definition) is 2. The van der Waals surface area contributed by atoms with Gasteiger partial charge in [-0.2, -0.15) is 0 Å². The molecule has 6 nitrogen and oxygen atoms in total. The maximum atomic E-state index is 13.7. The Hall–Kier alpha value is -2.70. The van der Waals surface area contributed by atoms with Crippen molar-refractivity contribution in [2.45, 2.75) is 32.7 Å². The number of hydrogen-bond acceptors (Lipinski definition) is 4. The van der Waals surface area contributed by atoms with E-state index in [1.165, 1.54) is 19.2 Å². The zero-order valence-electron chi connectivity index (χ0n) is 14.5. The van der Waals surface area contributed by atoms with Gasteiger partial charge in [0, 0.05) is 30.8 Å². The molecule has 7 heteroatoms. The lowest BCUT2D eigenvalue weighted by atomic mass is 10.0. The first-order chi connectivity index (χ1) is 11.9. The van der Waals surface area contributed by atoms with E-state index in [0.29, 0.717) is 5.82 Å². The van der Waals surface area contributed by atoms with Crippen molar-refractivity contribution in [3.63, 3.8) is 0 Å². The fraction of sp³-hybridized carbons (Fsp3) is 0.389. The summed E-state index contributed by atoms with van der Waals surface area (Å²) < 4.78 is 18.5. The van der Waals surface area contributed by atoms with Crippen LogP contribution in [0.1, 0.15) is 48.9 Å². The van der Waals surface area contributed by atoms with Crippen LogP contribution in [0.4, 0.5) is 4.39 Å². The Bertz CT molecular complexity index is 729. The van der Waals surface area contributed by atoms with Gasteiger partial charge in [-0.25, -0.2) is 9.37 Å². The van der Waals surface area contributed by atoms with Crippen LogP contribution in [-0.4, -0.2) is 28.8 Å². The zero-order chi connectivity index (χ0) is 18.4. The first-order valence-corrected chi connectivity index (χ1v) is 8.07. The number of Topliss-reactive ketones (excluding diaryl/α,β-unsaturated/α-hetero) is 1. The van der Waals surface area contributed by atoms with Crippen LogP contribution in [0.15, 0.2) is 30.6 Å². The highest BCUT2D eigenvalue weighted by Crippen LogP contribution is 2.20. The van der Waals surface area contributed by atoms with Crippen molar-refractivity contribution in [2.75, 3.05) is 7.11 Å². The quantitative estimate of drug-likeness (QED) is 0.719. The Kier molecular flexibility index (Phi) is 6.27. The number of aromatic amines is 1. The lowest BCUT2D eigenvalue weighted by Gasteiger charge is -2.20. The Labute approximate surface area is 145 Å². The molecule has 0 aliphatic rings. The normalized spacial score (nSPS) is 12.0. The fourth-order valence-corrected chi connectivity index (χ4v) is 2.46. The van der Waals surface area contributed by atoms with Gasteiger partial charge in [0.1, 0.15) is 5.82 Å². The minimum atomic E-state index is -0.601. The summed E-state index contributed by atoms with van der Waals surface area (Å²) in [6.45, 7) is 3.94. The number of halogens is 1. The molecule has 0 aliphatic carbocycles. The topological polar surface area (TPSA) is 84.1 Å². The number of carbonyl (C=O) groups excluding carboxylic acids is 2. The molecule has 2 N–H and O–H groups in total. The number of nitrogens with one attached hydrogen (secondary N) is 2. The predicted molar refractivity (Wildman–Crippen MR) is 90.8 cm³/mol. The van der Waals surface area contributed by atoms with Crippen LogP contribution in [0.3, 0.4) is 0 Å². The van der Waals surface area contributed by atoms with Gasteiger partial charge in [-0.1, -0.05) is 13.8 Å². The number of carbonyl (C=O) groups is 2. The number of rotatable bonds is 8. The molecule has 0 radical (unpaired) electrons. The zero-order valence-corrected chi connectivity index (χ0v) is 14.5. The van der Waals surface area contributed by atoms with Crippen LogP contribution in [0.2, 0.25) is 0 Å². The molecule has 134 valence electrons. The average Bonchev–Trinajstić information content (AvgIpc) is 3.11. The summed E-state index contributed by atoms with van der Waals surface area (Å²) in [6, 6.07) is 3.76. The molecule has 0 unspecified atom stereocenters. The number of benzene rings is 1. The van der Waals surface area contributed by atoms with Gasteiger partial charge < -0.3 is 15.0 Å². The largest absolute Gasteiger partial charge is 0.494 e. The minimum Gasteiger partial charge on any atom is -0.494 e. The molecule has 1 atom stereocenters. The van der Waals surface area contributed by atoms with Gasteiger partial charge in [0.2, 0.25) is 5.91 Å². The van der Waals surface area contributed by atoms with E-state index in [9.17, 15) is 14.0 Å². The van der Waals surface area contributed by atoms with Crippen LogP contribution < -0.4 is 10.1 Å². The second-order valence-electron chi connectivity index (χ2n) is 6.04. The van der Waals surface area contributed by atoms with Gasteiger partial charge in [0.05, 0.1) is 13.2 Å². The molecule has 1 aromatic heterocycles. The van der Waals surface area contributed by atoms with Gasteiger partial charge >= 0.3 is 0 Å². The number of aromatic nitrogens is 2. The lowest BCUT2D eigenvalue weighted by molar-refractivity contribution is -0.122. The molecule has 0 aliphatic heterocycles. The number of imidazole rings is 1. The molecule has 2 rings (SSSR count). The number of ketones is 1. The first-order valence-electron chi connectivity index (χ1n) is 8.07. The van der Waals surface area contributed by atoms with Crippen LogP contribution in [0.5, 0.6) is 5.75 Å². The van der Waals surface area contributed by atoms with Crippen molar-refractivity contribution in [1.82, 2.24) is 15.3 Å². The van der Waals surface area contributed by atoms with Crippen LogP contribution in [-0.2, 0) is 4.79 Å². The molecular formula is C18H22FN3O3. The van der Waals surface area contributed by atoms with Gasteiger partial charge in [0.25, 0.3) is 0 Å². The molecule has 0 spiro atoms. The van der Waals surface area contributed by atoms with Crippen LogP contribution in [0, 0.1) is 11.7 Å².